The van der Waals surface area contributed by atoms with Gasteiger partial charge in [-0.05, 0) is 13.3 Å². The SMILES string of the molecule is CCCOC(=O)CCNC(=O)C(C)Cl. The van der Waals surface area contributed by atoms with Crippen LogP contribution in [0.25, 0.3) is 0 Å². The van der Waals surface area contributed by atoms with Gasteiger partial charge in [0.05, 0.1) is 13.0 Å². The fourth-order valence-electron chi connectivity index (χ4n) is 0.716. The minimum absolute atomic E-state index is 0.190. The summed E-state index contributed by atoms with van der Waals surface area (Å²) in [6.45, 7) is 4.20. The molecule has 0 radical (unpaired) electrons. The van der Waals surface area contributed by atoms with E-state index >= 15 is 0 Å². The number of esters is 1. The van der Waals surface area contributed by atoms with Crippen LogP contribution >= 0.6 is 11.6 Å². The van der Waals surface area contributed by atoms with Crippen molar-refractivity contribution >= 4 is 23.5 Å². The third kappa shape index (κ3) is 6.71. The van der Waals surface area contributed by atoms with Crippen molar-refractivity contribution in [3.63, 3.8) is 0 Å². The molecular formula is C9H16ClNO3. The summed E-state index contributed by atoms with van der Waals surface area (Å²) >= 11 is 5.50. The average Bonchev–Trinajstić information content (AvgIpc) is 2.14. The van der Waals surface area contributed by atoms with E-state index in [9.17, 15) is 9.59 Å². The maximum atomic E-state index is 10.9. The molecule has 1 unspecified atom stereocenters. The molecule has 0 aromatic heterocycles. The fourth-order valence-corrected chi connectivity index (χ4v) is 0.794. The number of ether oxygens (including phenoxy) is 1. The number of halogens is 1. The van der Waals surface area contributed by atoms with Crippen LogP contribution in [0, 0.1) is 0 Å². The number of rotatable bonds is 6. The van der Waals surface area contributed by atoms with Crippen molar-refractivity contribution in [3.05, 3.63) is 0 Å². The Kier molecular flexibility index (Phi) is 7.20. The summed E-state index contributed by atoms with van der Waals surface area (Å²) in [6.07, 6.45) is 0.992. The highest BCUT2D eigenvalue weighted by atomic mass is 35.5. The predicted octanol–water partition coefficient (Wildman–Crippen LogP) is 1.07. The zero-order valence-electron chi connectivity index (χ0n) is 8.51. The lowest BCUT2D eigenvalue weighted by atomic mass is 10.4. The van der Waals surface area contributed by atoms with Crippen molar-refractivity contribution in [3.8, 4) is 0 Å². The van der Waals surface area contributed by atoms with Crippen LogP contribution in [-0.4, -0.2) is 30.4 Å². The molecule has 0 aliphatic carbocycles. The fraction of sp³-hybridized carbons (Fsp3) is 0.778. The number of amides is 1. The zero-order valence-corrected chi connectivity index (χ0v) is 9.26. The van der Waals surface area contributed by atoms with Crippen LogP contribution in [0.15, 0.2) is 0 Å². The third-order valence-corrected chi connectivity index (χ3v) is 1.66. The lowest BCUT2D eigenvalue weighted by Gasteiger charge is -2.06. The topological polar surface area (TPSA) is 55.4 Å². The Morgan fingerprint density at radius 2 is 2.14 bits per heavy atom. The second kappa shape index (κ2) is 7.62. The molecule has 5 heteroatoms. The van der Waals surface area contributed by atoms with Crippen LogP contribution in [0.1, 0.15) is 26.7 Å². The number of nitrogens with one attached hydrogen (secondary N) is 1. The molecule has 0 bridgehead atoms. The van der Waals surface area contributed by atoms with Gasteiger partial charge in [-0.1, -0.05) is 6.92 Å². The molecule has 1 N–H and O–H groups in total. The van der Waals surface area contributed by atoms with Crippen molar-refractivity contribution in [2.24, 2.45) is 0 Å². The van der Waals surface area contributed by atoms with Gasteiger partial charge in [-0.2, -0.15) is 0 Å². The van der Waals surface area contributed by atoms with Gasteiger partial charge >= 0.3 is 5.97 Å². The van der Waals surface area contributed by atoms with Gasteiger partial charge < -0.3 is 10.1 Å². The van der Waals surface area contributed by atoms with E-state index in [0.717, 1.165) is 6.42 Å². The quantitative estimate of drug-likeness (QED) is 0.539. The molecule has 0 aliphatic rings. The van der Waals surface area contributed by atoms with E-state index in [1.54, 1.807) is 6.92 Å². The first-order chi connectivity index (χ1) is 6.57. The maximum absolute atomic E-state index is 10.9. The largest absolute Gasteiger partial charge is 0.466 e. The first-order valence-electron chi connectivity index (χ1n) is 4.65. The normalized spacial score (nSPS) is 11.9. The Labute approximate surface area is 88.9 Å². The van der Waals surface area contributed by atoms with E-state index in [-0.39, 0.29) is 24.8 Å². The van der Waals surface area contributed by atoms with Crippen LogP contribution < -0.4 is 5.32 Å². The Balaban J connectivity index is 3.44. The number of alkyl halides is 1. The Bertz CT molecular complexity index is 194. The van der Waals surface area contributed by atoms with E-state index in [1.165, 1.54) is 0 Å². The van der Waals surface area contributed by atoms with Crippen LogP contribution in [0.2, 0.25) is 0 Å². The molecule has 82 valence electrons. The standard InChI is InChI=1S/C9H16ClNO3/c1-3-6-14-8(12)4-5-11-9(13)7(2)10/h7H,3-6H2,1-2H3,(H,11,13). The highest BCUT2D eigenvalue weighted by Crippen LogP contribution is 1.93. The Morgan fingerprint density at radius 3 is 2.64 bits per heavy atom. The minimum Gasteiger partial charge on any atom is -0.466 e. The summed E-state index contributed by atoms with van der Waals surface area (Å²) in [4.78, 5) is 21.9. The maximum Gasteiger partial charge on any atom is 0.307 e. The van der Waals surface area contributed by atoms with E-state index in [0.29, 0.717) is 6.61 Å². The lowest BCUT2D eigenvalue weighted by molar-refractivity contribution is -0.143. The van der Waals surface area contributed by atoms with Crippen LogP contribution in [-0.2, 0) is 14.3 Å². The second-order valence-electron chi connectivity index (χ2n) is 2.88. The average molecular weight is 222 g/mol. The van der Waals surface area contributed by atoms with Crippen LogP contribution in [0.5, 0.6) is 0 Å². The third-order valence-electron chi connectivity index (χ3n) is 1.46. The second-order valence-corrected chi connectivity index (χ2v) is 3.53. The van der Waals surface area contributed by atoms with E-state index in [2.05, 4.69) is 5.32 Å². The highest BCUT2D eigenvalue weighted by molar-refractivity contribution is 6.30. The van der Waals surface area contributed by atoms with Crippen molar-refractivity contribution in [2.45, 2.75) is 32.1 Å². The summed E-state index contributed by atoms with van der Waals surface area (Å²) in [5.74, 6) is -0.565. The van der Waals surface area contributed by atoms with E-state index < -0.39 is 5.38 Å². The first-order valence-corrected chi connectivity index (χ1v) is 5.09. The van der Waals surface area contributed by atoms with Gasteiger partial charge in [0, 0.05) is 6.54 Å². The van der Waals surface area contributed by atoms with Crippen molar-refractivity contribution < 1.29 is 14.3 Å². The zero-order chi connectivity index (χ0) is 11.0. The molecule has 0 saturated carbocycles. The molecule has 0 aliphatic heterocycles. The van der Waals surface area contributed by atoms with Gasteiger partial charge in [0.25, 0.3) is 0 Å². The summed E-state index contributed by atoms with van der Waals surface area (Å²) in [5.41, 5.74) is 0. The molecule has 0 heterocycles. The van der Waals surface area contributed by atoms with Gasteiger partial charge in [-0.25, -0.2) is 0 Å². The summed E-state index contributed by atoms with van der Waals surface area (Å²) < 4.78 is 4.81. The predicted molar refractivity (Wildman–Crippen MR) is 54.2 cm³/mol. The summed E-state index contributed by atoms with van der Waals surface area (Å²) in [5, 5.41) is 1.95. The molecule has 0 spiro atoms. The number of carbonyl (C=O) groups is 2. The van der Waals surface area contributed by atoms with Crippen LogP contribution in [0.4, 0.5) is 0 Å². The van der Waals surface area contributed by atoms with Crippen LogP contribution in [0.3, 0.4) is 0 Å². The Morgan fingerprint density at radius 1 is 1.50 bits per heavy atom. The minimum atomic E-state index is -0.568. The van der Waals surface area contributed by atoms with Crippen molar-refractivity contribution in [2.75, 3.05) is 13.2 Å². The molecule has 0 rings (SSSR count). The number of hydrogen-bond acceptors (Lipinski definition) is 3. The monoisotopic (exact) mass is 221 g/mol. The molecule has 14 heavy (non-hydrogen) atoms. The number of carbonyl (C=O) groups excluding carboxylic acids is 2. The molecule has 0 saturated heterocycles. The summed E-state index contributed by atoms with van der Waals surface area (Å²) in [7, 11) is 0. The molecule has 0 fully saturated rings. The van der Waals surface area contributed by atoms with Gasteiger partial charge in [0.2, 0.25) is 5.91 Å². The smallest absolute Gasteiger partial charge is 0.307 e. The van der Waals surface area contributed by atoms with E-state index in [1.807, 2.05) is 6.92 Å². The Hall–Kier alpha value is -0.770. The van der Waals surface area contributed by atoms with Gasteiger partial charge in [-0.3, -0.25) is 9.59 Å². The summed E-state index contributed by atoms with van der Waals surface area (Å²) in [6, 6.07) is 0. The molecule has 1 amide bonds. The molecular weight excluding hydrogens is 206 g/mol. The van der Waals surface area contributed by atoms with Gasteiger partial charge in [0.15, 0.2) is 0 Å². The molecule has 4 nitrogen and oxygen atoms in total. The molecule has 0 aromatic rings. The van der Waals surface area contributed by atoms with Gasteiger partial charge in [-0.15, -0.1) is 11.6 Å². The molecule has 0 aromatic carbocycles. The lowest BCUT2D eigenvalue weighted by Crippen LogP contribution is -2.31. The van der Waals surface area contributed by atoms with E-state index in [4.69, 9.17) is 16.3 Å². The first kappa shape index (κ1) is 13.2. The highest BCUT2D eigenvalue weighted by Gasteiger charge is 2.09. The van der Waals surface area contributed by atoms with Gasteiger partial charge in [0.1, 0.15) is 5.38 Å². The number of hydrogen-bond donors (Lipinski definition) is 1. The van der Waals surface area contributed by atoms with Crippen molar-refractivity contribution in [1.82, 2.24) is 5.32 Å². The molecule has 1 atom stereocenters. The van der Waals surface area contributed by atoms with Crippen molar-refractivity contribution in [1.29, 1.82) is 0 Å².